The van der Waals surface area contributed by atoms with Crippen LogP contribution >= 0.6 is 11.6 Å². The summed E-state index contributed by atoms with van der Waals surface area (Å²) in [5.41, 5.74) is 14.0. The summed E-state index contributed by atoms with van der Waals surface area (Å²) >= 11 is 5.99. The third-order valence-electron chi connectivity index (χ3n) is 2.44. The zero-order chi connectivity index (χ0) is 12.4. The molecule has 0 aliphatic carbocycles. The first kappa shape index (κ1) is 11.7. The van der Waals surface area contributed by atoms with Crippen LogP contribution in [0.25, 0.3) is 11.3 Å². The number of aromatic hydroxyl groups is 1. The normalized spacial score (nSPS) is 10.5. The van der Waals surface area contributed by atoms with E-state index in [1.54, 1.807) is 30.3 Å². The van der Waals surface area contributed by atoms with Gasteiger partial charge in [0, 0.05) is 17.7 Å². The van der Waals surface area contributed by atoms with E-state index in [2.05, 4.69) is 4.98 Å². The number of nitrogen functional groups attached to an aromatic ring is 1. The quantitative estimate of drug-likeness (QED) is 0.712. The van der Waals surface area contributed by atoms with Crippen LogP contribution in [0.3, 0.4) is 0 Å². The molecular weight excluding hydrogens is 238 g/mol. The summed E-state index contributed by atoms with van der Waals surface area (Å²) in [6.07, 6.45) is 0. The van der Waals surface area contributed by atoms with E-state index in [1.165, 1.54) is 0 Å². The Hall–Kier alpha value is -1.78. The molecule has 1 aromatic heterocycles. The number of anilines is 1. The monoisotopic (exact) mass is 249 g/mol. The van der Waals surface area contributed by atoms with Gasteiger partial charge in [0.15, 0.2) is 0 Å². The third-order valence-corrected chi connectivity index (χ3v) is 2.77. The highest BCUT2D eigenvalue weighted by atomic mass is 35.5. The summed E-state index contributed by atoms with van der Waals surface area (Å²) < 4.78 is 0. The predicted octanol–water partition coefficient (Wildman–Crippen LogP) is 2.15. The summed E-state index contributed by atoms with van der Waals surface area (Å²) in [4.78, 5) is 4.22. The summed E-state index contributed by atoms with van der Waals surface area (Å²) in [5, 5.41) is 9.57. The number of phenols is 1. The first-order chi connectivity index (χ1) is 8.11. The highest BCUT2D eigenvalue weighted by molar-refractivity contribution is 6.30. The first-order valence-corrected chi connectivity index (χ1v) is 5.44. The molecule has 0 spiro atoms. The van der Waals surface area contributed by atoms with Crippen LogP contribution in [0.1, 0.15) is 5.56 Å². The van der Waals surface area contributed by atoms with Crippen LogP contribution in [-0.4, -0.2) is 10.1 Å². The molecule has 88 valence electrons. The Labute approximate surface area is 104 Å². The fraction of sp³-hybridized carbons (Fsp3) is 0.0833. The maximum atomic E-state index is 9.22. The number of hydrogen-bond acceptors (Lipinski definition) is 4. The van der Waals surface area contributed by atoms with Gasteiger partial charge in [0.1, 0.15) is 10.9 Å². The second kappa shape index (κ2) is 4.61. The molecule has 1 heterocycles. The van der Waals surface area contributed by atoms with Crippen molar-refractivity contribution < 1.29 is 5.11 Å². The Morgan fingerprint density at radius 2 is 1.88 bits per heavy atom. The van der Waals surface area contributed by atoms with Crippen LogP contribution in [0.15, 0.2) is 30.3 Å². The Kier molecular flexibility index (Phi) is 3.17. The van der Waals surface area contributed by atoms with Gasteiger partial charge in [0.05, 0.1) is 11.4 Å². The number of nitrogens with two attached hydrogens (primary N) is 2. The van der Waals surface area contributed by atoms with Gasteiger partial charge in [-0.1, -0.05) is 11.6 Å². The number of rotatable bonds is 2. The van der Waals surface area contributed by atoms with E-state index >= 15 is 0 Å². The highest BCUT2D eigenvalue weighted by Crippen LogP contribution is 2.28. The van der Waals surface area contributed by atoms with Crippen LogP contribution in [0.5, 0.6) is 5.75 Å². The number of pyridine rings is 1. The van der Waals surface area contributed by atoms with Crippen LogP contribution in [0.2, 0.25) is 5.15 Å². The molecule has 0 bridgehead atoms. The average Bonchev–Trinajstić information content (AvgIpc) is 2.33. The minimum absolute atomic E-state index is 0.192. The summed E-state index contributed by atoms with van der Waals surface area (Å²) in [6.45, 7) is 0.298. The zero-order valence-corrected chi connectivity index (χ0v) is 9.78. The van der Waals surface area contributed by atoms with Crippen LogP contribution < -0.4 is 11.5 Å². The lowest BCUT2D eigenvalue weighted by Gasteiger charge is -2.08. The number of aromatic nitrogens is 1. The molecule has 0 saturated heterocycles. The molecule has 0 atom stereocenters. The van der Waals surface area contributed by atoms with Gasteiger partial charge in [0.2, 0.25) is 0 Å². The molecule has 0 unspecified atom stereocenters. The van der Waals surface area contributed by atoms with Crippen molar-refractivity contribution in [3.63, 3.8) is 0 Å². The molecule has 0 fully saturated rings. The number of hydrogen-bond donors (Lipinski definition) is 3. The van der Waals surface area contributed by atoms with Crippen molar-refractivity contribution in [3.05, 3.63) is 41.0 Å². The van der Waals surface area contributed by atoms with Gasteiger partial charge < -0.3 is 16.6 Å². The Morgan fingerprint density at radius 1 is 1.24 bits per heavy atom. The lowest BCUT2D eigenvalue weighted by atomic mass is 10.1. The SMILES string of the molecule is NCc1cc(N)c(-c2ccc(O)cc2)nc1Cl. The van der Waals surface area contributed by atoms with Crippen LogP contribution in [0.4, 0.5) is 5.69 Å². The summed E-state index contributed by atoms with van der Waals surface area (Å²) in [5.74, 6) is 0.192. The van der Waals surface area contributed by atoms with Crippen molar-refractivity contribution in [1.82, 2.24) is 4.98 Å². The second-order valence-electron chi connectivity index (χ2n) is 3.63. The van der Waals surface area contributed by atoms with E-state index in [0.29, 0.717) is 28.6 Å². The Balaban J connectivity index is 2.52. The maximum Gasteiger partial charge on any atom is 0.134 e. The van der Waals surface area contributed by atoms with Gasteiger partial charge in [-0.05, 0) is 30.3 Å². The number of benzene rings is 1. The Bertz CT molecular complexity index is 540. The van der Waals surface area contributed by atoms with E-state index in [0.717, 1.165) is 5.56 Å². The smallest absolute Gasteiger partial charge is 0.134 e. The molecular formula is C12H12ClN3O. The molecule has 17 heavy (non-hydrogen) atoms. The fourth-order valence-corrected chi connectivity index (χ4v) is 1.76. The number of phenolic OH excluding ortho intramolecular Hbond substituents is 1. The number of nitrogens with zero attached hydrogens (tertiary/aromatic N) is 1. The maximum absolute atomic E-state index is 9.22. The molecule has 0 aliphatic rings. The lowest BCUT2D eigenvalue weighted by Crippen LogP contribution is -2.02. The van der Waals surface area contributed by atoms with Crippen molar-refractivity contribution in [2.75, 3.05) is 5.73 Å². The zero-order valence-electron chi connectivity index (χ0n) is 9.02. The fourth-order valence-electron chi connectivity index (χ4n) is 1.54. The molecule has 5 heteroatoms. The van der Waals surface area contributed by atoms with E-state index in [-0.39, 0.29) is 5.75 Å². The molecule has 2 rings (SSSR count). The summed E-state index contributed by atoms with van der Waals surface area (Å²) in [7, 11) is 0. The minimum atomic E-state index is 0.192. The van der Waals surface area contributed by atoms with E-state index in [9.17, 15) is 5.11 Å². The molecule has 1 aromatic carbocycles. The first-order valence-electron chi connectivity index (χ1n) is 5.06. The molecule has 5 N–H and O–H groups in total. The van der Waals surface area contributed by atoms with Gasteiger partial charge in [-0.3, -0.25) is 0 Å². The second-order valence-corrected chi connectivity index (χ2v) is 3.99. The third kappa shape index (κ3) is 2.33. The van der Waals surface area contributed by atoms with Gasteiger partial charge in [-0.2, -0.15) is 0 Å². The van der Waals surface area contributed by atoms with E-state index < -0.39 is 0 Å². The van der Waals surface area contributed by atoms with E-state index in [4.69, 9.17) is 23.1 Å². The molecule has 0 amide bonds. The topological polar surface area (TPSA) is 85.2 Å². The largest absolute Gasteiger partial charge is 0.508 e. The standard InChI is InChI=1S/C12H12ClN3O/c13-12-8(6-14)5-10(15)11(16-12)7-1-3-9(17)4-2-7/h1-5,17H,6,14-15H2. The molecule has 0 radical (unpaired) electrons. The molecule has 0 saturated carbocycles. The predicted molar refractivity (Wildman–Crippen MR) is 68.7 cm³/mol. The van der Waals surface area contributed by atoms with Crippen molar-refractivity contribution in [2.24, 2.45) is 5.73 Å². The molecule has 0 aliphatic heterocycles. The van der Waals surface area contributed by atoms with Crippen LogP contribution in [0, 0.1) is 0 Å². The summed E-state index contributed by atoms with van der Waals surface area (Å²) in [6, 6.07) is 8.32. The van der Waals surface area contributed by atoms with Gasteiger partial charge in [-0.25, -0.2) is 4.98 Å². The van der Waals surface area contributed by atoms with Crippen LogP contribution in [-0.2, 0) is 6.54 Å². The van der Waals surface area contributed by atoms with Crippen molar-refractivity contribution >= 4 is 17.3 Å². The lowest BCUT2D eigenvalue weighted by molar-refractivity contribution is 0.475. The molecule has 4 nitrogen and oxygen atoms in total. The van der Waals surface area contributed by atoms with Gasteiger partial charge in [-0.15, -0.1) is 0 Å². The molecule has 2 aromatic rings. The minimum Gasteiger partial charge on any atom is -0.508 e. The Morgan fingerprint density at radius 3 is 2.47 bits per heavy atom. The van der Waals surface area contributed by atoms with Gasteiger partial charge >= 0.3 is 0 Å². The van der Waals surface area contributed by atoms with Gasteiger partial charge in [0.25, 0.3) is 0 Å². The average molecular weight is 250 g/mol. The highest BCUT2D eigenvalue weighted by Gasteiger charge is 2.09. The number of halogens is 1. The van der Waals surface area contributed by atoms with Crippen molar-refractivity contribution in [1.29, 1.82) is 0 Å². The van der Waals surface area contributed by atoms with E-state index in [1.807, 2.05) is 0 Å². The van der Waals surface area contributed by atoms with Crippen molar-refractivity contribution in [2.45, 2.75) is 6.54 Å². The van der Waals surface area contributed by atoms with Crippen molar-refractivity contribution in [3.8, 4) is 17.0 Å².